The molecule has 0 aromatic heterocycles. The Morgan fingerprint density at radius 3 is 2.62 bits per heavy atom. The van der Waals surface area contributed by atoms with E-state index in [1.807, 2.05) is 18.2 Å². The Hall–Kier alpha value is -0.830. The van der Waals surface area contributed by atoms with Crippen LogP contribution in [0.1, 0.15) is 12.0 Å². The number of nitrogens with one attached hydrogen (secondary N) is 1. The first-order valence-electron chi connectivity index (χ1n) is 6.28. The summed E-state index contributed by atoms with van der Waals surface area (Å²) in [7, 11) is 1.57. The van der Waals surface area contributed by atoms with Crippen molar-refractivity contribution in [1.82, 2.24) is 5.43 Å². The summed E-state index contributed by atoms with van der Waals surface area (Å²) < 4.78 is 46.3. The highest BCUT2D eigenvalue weighted by molar-refractivity contribution is 9.10. The van der Waals surface area contributed by atoms with Crippen molar-refractivity contribution in [2.75, 3.05) is 20.3 Å². The van der Waals surface area contributed by atoms with Gasteiger partial charge in [0.2, 0.25) is 0 Å². The van der Waals surface area contributed by atoms with Crippen LogP contribution >= 0.6 is 15.9 Å². The van der Waals surface area contributed by atoms with E-state index in [0.717, 1.165) is 10.0 Å². The number of nitrogens with two attached hydrogens (primary N) is 1. The first-order valence-corrected chi connectivity index (χ1v) is 7.08. The van der Waals surface area contributed by atoms with E-state index in [-0.39, 0.29) is 12.6 Å². The molecule has 0 aliphatic carbocycles. The average Bonchev–Trinajstić information content (AvgIpc) is 2.41. The summed E-state index contributed by atoms with van der Waals surface area (Å²) in [5, 5.41) is 0. The molecule has 0 fully saturated rings. The summed E-state index contributed by atoms with van der Waals surface area (Å²) >= 11 is 3.38. The Kier molecular flexibility index (Phi) is 7.44. The maximum absolute atomic E-state index is 11.9. The summed E-state index contributed by atoms with van der Waals surface area (Å²) in [6.07, 6.45) is -3.34. The molecule has 0 heterocycles. The van der Waals surface area contributed by atoms with E-state index < -0.39 is 12.8 Å². The van der Waals surface area contributed by atoms with Crippen molar-refractivity contribution < 1.29 is 22.6 Å². The van der Waals surface area contributed by atoms with Crippen LogP contribution < -0.4 is 16.0 Å². The van der Waals surface area contributed by atoms with E-state index in [9.17, 15) is 13.2 Å². The Morgan fingerprint density at radius 2 is 2.10 bits per heavy atom. The fourth-order valence-electron chi connectivity index (χ4n) is 1.78. The van der Waals surface area contributed by atoms with Crippen molar-refractivity contribution in [2.45, 2.75) is 25.1 Å². The van der Waals surface area contributed by atoms with Gasteiger partial charge in [-0.2, -0.15) is 13.2 Å². The Bertz CT molecular complexity index is 444. The zero-order valence-electron chi connectivity index (χ0n) is 11.5. The van der Waals surface area contributed by atoms with Gasteiger partial charge in [-0.15, -0.1) is 0 Å². The van der Waals surface area contributed by atoms with Gasteiger partial charge in [-0.3, -0.25) is 11.3 Å². The van der Waals surface area contributed by atoms with Gasteiger partial charge >= 0.3 is 6.18 Å². The normalized spacial score (nSPS) is 13.2. The maximum Gasteiger partial charge on any atom is 0.411 e. The molecule has 4 nitrogen and oxygen atoms in total. The van der Waals surface area contributed by atoms with Crippen molar-refractivity contribution in [3.05, 3.63) is 28.2 Å². The summed E-state index contributed by atoms with van der Waals surface area (Å²) in [5.74, 6) is 6.13. The highest BCUT2D eigenvalue weighted by Gasteiger charge is 2.27. The molecule has 0 saturated carbocycles. The number of benzene rings is 1. The molecule has 21 heavy (non-hydrogen) atoms. The zero-order chi connectivity index (χ0) is 15.9. The minimum absolute atomic E-state index is 0.00823. The molecule has 0 spiro atoms. The lowest BCUT2D eigenvalue weighted by molar-refractivity contribution is -0.174. The molecule has 0 saturated heterocycles. The molecule has 1 aromatic rings. The molecule has 0 aliphatic rings. The number of halogens is 4. The van der Waals surface area contributed by atoms with Crippen LogP contribution in [-0.4, -0.2) is 32.5 Å². The van der Waals surface area contributed by atoms with Gasteiger partial charge in [0, 0.05) is 12.6 Å². The number of rotatable bonds is 8. The van der Waals surface area contributed by atoms with Crippen LogP contribution in [0.2, 0.25) is 0 Å². The molecular formula is C13H18BrF3N2O2. The standard InChI is InChI=1S/C13H18BrF3N2O2/c1-20-12-3-2-9(7-11(12)14)6-10(19-18)4-5-21-8-13(15,16)17/h2-3,7,10,19H,4-6,8,18H2,1H3. The molecule has 0 bridgehead atoms. The fraction of sp³-hybridized carbons (Fsp3) is 0.538. The number of hydrazine groups is 1. The number of hydrogen-bond acceptors (Lipinski definition) is 4. The summed E-state index contributed by atoms with van der Waals surface area (Å²) in [6.45, 7) is -1.25. The van der Waals surface area contributed by atoms with Gasteiger partial charge in [0.05, 0.1) is 11.6 Å². The second kappa shape index (κ2) is 8.57. The molecule has 0 aliphatic heterocycles. The third-order valence-corrected chi connectivity index (χ3v) is 3.43. The Morgan fingerprint density at radius 1 is 1.38 bits per heavy atom. The highest BCUT2D eigenvalue weighted by Crippen LogP contribution is 2.26. The second-order valence-electron chi connectivity index (χ2n) is 4.49. The minimum Gasteiger partial charge on any atom is -0.496 e. The van der Waals surface area contributed by atoms with Gasteiger partial charge < -0.3 is 9.47 Å². The molecular weight excluding hydrogens is 353 g/mol. The fourth-order valence-corrected chi connectivity index (χ4v) is 2.37. The lowest BCUT2D eigenvalue weighted by Gasteiger charge is -2.17. The van der Waals surface area contributed by atoms with Gasteiger partial charge in [0.25, 0.3) is 0 Å². The number of hydrogen-bond donors (Lipinski definition) is 2. The third kappa shape index (κ3) is 7.12. The van der Waals surface area contributed by atoms with Crippen LogP contribution in [0.5, 0.6) is 5.75 Å². The lowest BCUT2D eigenvalue weighted by atomic mass is 10.0. The van der Waals surface area contributed by atoms with Crippen molar-refractivity contribution >= 4 is 15.9 Å². The summed E-state index contributed by atoms with van der Waals surface area (Å²) in [6, 6.07) is 5.41. The van der Waals surface area contributed by atoms with Crippen molar-refractivity contribution in [1.29, 1.82) is 0 Å². The zero-order valence-corrected chi connectivity index (χ0v) is 13.1. The minimum atomic E-state index is -4.30. The third-order valence-electron chi connectivity index (χ3n) is 2.81. The van der Waals surface area contributed by atoms with E-state index in [2.05, 4.69) is 26.1 Å². The van der Waals surface area contributed by atoms with Crippen LogP contribution in [0.3, 0.4) is 0 Å². The molecule has 0 radical (unpaired) electrons. The molecule has 0 amide bonds. The molecule has 1 aromatic carbocycles. The molecule has 1 rings (SSSR count). The van der Waals surface area contributed by atoms with E-state index >= 15 is 0 Å². The smallest absolute Gasteiger partial charge is 0.411 e. The van der Waals surface area contributed by atoms with Crippen LogP contribution in [0.25, 0.3) is 0 Å². The molecule has 1 unspecified atom stereocenters. The highest BCUT2D eigenvalue weighted by atomic mass is 79.9. The van der Waals surface area contributed by atoms with E-state index in [1.165, 1.54) is 0 Å². The topological polar surface area (TPSA) is 56.5 Å². The Labute approximate surface area is 129 Å². The van der Waals surface area contributed by atoms with E-state index in [1.54, 1.807) is 7.11 Å². The largest absolute Gasteiger partial charge is 0.496 e. The second-order valence-corrected chi connectivity index (χ2v) is 5.35. The first-order chi connectivity index (χ1) is 9.85. The quantitative estimate of drug-likeness (QED) is 0.419. The number of methoxy groups -OCH3 is 1. The van der Waals surface area contributed by atoms with E-state index in [0.29, 0.717) is 18.6 Å². The molecule has 8 heteroatoms. The lowest BCUT2D eigenvalue weighted by Crippen LogP contribution is -2.37. The van der Waals surface area contributed by atoms with Crippen LogP contribution in [-0.2, 0) is 11.2 Å². The van der Waals surface area contributed by atoms with Crippen molar-refractivity contribution in [3.8, 4) is 5.75 Å². The SMILES string of the molecule is COc1ccc(CC(CCOCC(F)(F)F)NN)cc1Br. The molecule has 120 valence electrons. The van der Waals surface area contributed by atoms with E-state index in [4.69, 9.17) is 10.6 Å². The van der Waals surface area contributed by atoms with Crippen LogP contribution in [0.4, 0.5) is 13.2 Å². The van der Waals surface area contributed by atoms with Crippen molar-refractivity contribution in [2.24, 2.45) is 5.84 Å². The van der Waals surface area contributed by atoms with Gasteiger partial charge in [-0.1, -0.05) is 6.07 Å². The monoisotopic (exact) mass is 370 g/mol. The van der Waals surface area contributed by atoms with Crippen LogP contribution in [0, 0.1) is 0 Å². The number of alkyl halides is 3. The summed E-state index contributed by atoms with van der Waals surface area (Å²) in [4.78, 5) is 0. The van der Waals surface area contributed by atoms with Crippen LogP contribution in [0.15, 0.2) is 22.7 Å². The molecule has 3 N–H and O–H groups in total. The number of ether oxygens (including phenoxy) is 2. The van der Waals surface area contributed by atoms with Gasteiger partial charge in [-0.05, 0) is 46.5 Å². The van der Waals surface area contributed by atoms with Gasteiger partial charge in [0.1, 0.15) is 12.4 Å². The first kappa shape index (κ1) is 18.2. The van der Waals surface area contributed by atoms with Gasteiger partial charge in [-0.25, -0.2) is 0 Å². The predicted octanol–water partition coefficient (Wildman–Crippen LogP) is 2.80. The summed E-state index contributed by atoms with van der Waals surface area (Å²) in [5.41, 5.74) is 3.58. The van der Waals surface area contributed by atoms with Crippen molar-refractivity contribution in [3.63, 3.8) is 0 Å². The molecule has 1 atom stereocenters. The van der Waals surface area contributed by atoms with Gasteiger partial charge in [0.15, 0.2) is 0 Å². The average molecular weight is 371 g/mol. The maximum atomic E-state index is 11.9. The Balaban J connectivity index is 2.45. The predicted molar refractivity (Wildman–Crippen MR) is 77.0 cm³/mol.